The maximum Gasteiger partial charge on any atom is 0.147 e. The van der Waals surface area contributed by atoms with E-state index in [0.29, 0.717) is 5.02 Å². The highest BCUT2D eigenvalue weighted by Gasteiger charge is 2.43. The average molecular weight is 287 g/mol. The quantitative estimate of drug-likeness (QED) is 0.826. The SMILES string of the molecule is CCCSC1(O)CCCC1Oc1cccc(Cl)c1. The number of rotatable bonds is 5. The van der Waals surface area contributed by atoms with E-state index in [2.05, 4.69) is 6.92 Å². The predicted octanol–water partition coefficient (Wildman–Crippen LogP) is 4.10. The second kappa shape index (κ2) is 6.18. The molecule has 1 fully saturated rings. The number of aliphatic hydroxyl groups is 1. The van der Waals surface area contributed by atoms with Crippen LogP contribution in [0.15, 0.2) is 24.3 Å². The Kier molecular flexibility index (Phi) is 4.82. The average Bonchev–Trinajstić information content (AvgIpc) is 2.69. The van der Waals surface area contributed by atoms with Gasteiger partial charge in [0, 0.05) is 5.02 Å². The fraction of sp³-hybridized carbons (Fsp3) is 0.571. The Morgan fingerprint density at radius 3 is 3.11 bits per heavy atom. The maximum atomic E-state index is 10.6. The first kappa shape index (κ1) is 14.0. The van der Waals surface area contributed by atoms with Gasteiger partial charge in [0.2, 0.25) is 0 Å². The molecule has 2 unspecified atom stereocenters. The first-order valence-electron chi connectivity index (χ1n) is 6.42. The van der Waals surface area contributed by atoms with Crippen LogP contribution in [0.2, 0.25) is 5.02 Å². The second-order valence-electron chi connectivity index (χ2n) is 4.65. The number of benzene rings is 1. The lowest BCUT2D eigenvalue weighted by atomic mass is 10.2. The second-order valence-corrected chi connectivity index (χ2v) is 6.49. The third kappa shape index (κ3) is 3.34. The first-order chi connectivity index (χ1) is 8.64. The summed E-state index contributed by atoms with van der Waals surface area (Å²) in [4.78, 5) is -0.738. The molecule has 1 N–H and O–H groups in total. The lowest BCUT2D eigenvalue weighted by Gasteiger charge is -2.29. The number of thioether (sulfide) groups is 1. The van der Waals surface area contributed by atoms with Crippen LogP contribution in [0.5, 0.6) is 5.75 Å². The summed E-state index contributed by atoms with van der Waals surface area (Å²) in [6.45, 7) is 2.12. The van der Waals surface area contributed by atoms with Crippen molar-refractivity contribution in [1.29, 1.82) is 0 Å². The zero-order valence-corrected chi connectivity index (χ0v) is 12.1. The zero-order valence-electron chi connectivity index (χ0n) is 10.6. The minimum absolute atomic E-state index is 0.132. The van der Waals surface area contributed by atoms with Crippen LogP contribution in [-0.2, 0) is 0 Å². The van der Waals surface area contributed by atoms with Crippen molar-refractivity contribution in [3.05, 3.63) is 29.3 Å². The van der Waals surface area contributed by atoms with Gasteiger partial charge in [-0.1, -0.05) is 24.6 Å². The summed E-state index contributed by atoms with van der Waals surface area (Å²) < 4.78 is 5.91. The van der Waals surface area contributed by atoms with Gasteiger partial charge in [-0.05, 0) is 49.6 Å². The summed E-state index contributed by atoms with van der Waals surface area (Å²) in [5, 5.41) is 11.3. The van der Waals surface area contributed by atoms with Crippen LogP contribution in [0.25, 0.3) is 0 Å². The van der Waals surface area contributed by atoms with Crippen LogP contribution in [0, 0.1) is 0 Å². The highest BCUT2D eigenvalue weighted by atomic mass is 35.5. The van der Waals surface area contributed by atoms with Gasteiger partial charge in [0.05, 0.1) is 0 Å². The Bertz CT molecular complexity index is 399. The van der Waals surface area contributed by atoms with Gasteiger partial charge in [0.15, 0.2) is 0 Å². The summed E-state index contributed by atoms with van der Waals surface area (Å²) >= 11 is 7.55. The molecule has 0 saturated heterocycles. The molecule has 0 bridgehead atoms. The highest BCUT2D eigenvalue weighted by molar-refractivity contribution is 8.00. The summed E-state index contributed by atoms with van der Waals surface area (Å²) in [6, 6.07) is 7.37. The smallest absolute Gasteiger partial charge is 0.147 e. The van der Waals surface area contributed by atoms with Crippen LogP contribution in [-0.4, -0.2) is 21.9 Å². The fourth-order valence-corrected chi connectivity index (χ4v) is 3.61. The van der Waals surface area contributed by atoms with E-state index in [9.17, 15) is 5.11 Å². The normalized spacial score (nSPS) is 27.4. The van der Waals surface area contributed by atoms with Crippen molar-refractivity contribution < 1.29 is 9.84 Å². The molecular formula is C14H19ClO2S. The van der Waals surface area contributed by atoms with E-state index in [0.717, 1.165) is 37.2 Å². The van der Waals surface area contributed by atoms with E-state index in [1.165, 1.54) is 0 Å². The molecule has 2 rings (SSSR count). The molecular weight excluding hydrogens is 268 g/mol. The van der Waals surface area contributed by atoms with Gasteiger partial charge in [-0.3, -0.25) is 0 Å². The van der Waals surface area contributed by atoms with Gasteiger partial charge in [-0.25, -0.2) is 0 Å². The molecule has 0 amide bonds. The topological polar surface area (TPSA) is 29.5 Å². The van der Waals surface area contributed by atoms with Crippen LogP contribution in [0.4, 0.5) is 0 Å². The molecule has 1 aromatic rings. The third-order valence-electron chi connectivity index (χ3n) is 3.13. The Morgan fingerprint density at radius 2 is 2.39 bits per heavy atom. The van der Waals surface area contributed by atoms with E-state index in [1.54, 1.807) is 17.8 Å². The van der Waals surface area contributed by atoms with Gasteiger partial charge in [-0.2, -0.15) is 0 Å². The molecule has 2 atom stereocenters. The van der Waals surface area contributed by atoms with Crippen LogP contribution in [0.1, 0.15) is 32.6 Å². The summed E-state index contributed by atoms with van der Waals surface area (Å²) in [7, 11) is 0. The molecule has 0 heterocycles. The van der Waals surface area contributed by atoms with Gasteiger partial charge in [-0.15, -0.1) is 11.8 Å². The molecule has 4 heteroatoms. The van der Waals surface area contributed by atoms with Crippen molar-refractivity contribution in [1.82, 2.24) is 0 Å². The summed E-state index contributed by atoms with van der Waals surface area (Å²) in [5.41, 5.74) is 0. The molecule has 100 valence electrons. The molecule has 0 spiro atoms. The highest BCUT2D eigenvalue weighted by Crippen LogP contribution is 2.41. The number of ether oxygens (including phenoxy) is 1. The van der Waals surface area contributed by atoms with Crippen molar-refractivity contribution in [2.45, 2.75) is 43.6 Å². The molecule has 0 radical (unpaired) electrons. The van der Waals surface area contributed by atoms with Crippen molar-refractivity contribution in [2.75, 3.05) is 5.75 Å². The Hall–Kier alpha value is -0.380. The lowest BCUT2D eigenvalue weighted by Crippen LogP contribution is -2.38. The van der Waals surface area contributed by atoms with E-state index < -0.39 is 4.93 Å². The summed E-state index contributed by atoms with van der Waals surface area (Å²) in [5.74, 6) is 1.70. The molecule has 2 nitrogen and oxygen atoms in total. The van der Waals surface area contributed by atoms with E-state index in [1.807, 2.05) is 18.2 Å². The lowest BCUT2D eigenvalue weighted by molar-refractivity contribution is 0.0329. The van der Waals surface area contributed by atoms with Crippen molar-refractivity contribution in [3.8, 4) is 5.75 Å². The molecule has 18 heavy (non-hydrogen) atoms. The minimum Gasteiger partial charge on any atom is -0.486 e. The third-order valence-corrected chi connectivity index (χ3v) is 4.95. The van der Waals surface area contributed by atoms with Gasteiger partial charge >= 0.3 is 0 Å². The van der Waals surface area contributed by atoms with Gasteiger partial charge in [0.25, 0.3) is 0 Å². The van der Waals surface area contributed by atoms with Crippen molar-refractivity contribution in [2.24, 2.45) is 0 Å². The number of halogens is 1. The molecule has 1 aromatic carbocycles. The Morgan fingerprint density at radius 1 is 1.56 bits per heavy atom. The van der Waals surface area contributed by atoms with Crippen LogP contribution >= 0.6 is 23.4 Å². The standard InChI is InChI=1S/C14H19ClO2S/c1-2-9-18-14(16)8-4-7-13(14)17-12-6-3-5-11(15)10-12/h3,5-6,10,13,16H,2,4,7-9H2,1H3. The van der Waals surface area contributed by atoms with E-state index in [-0.39, 0.29) is 6.10 Å². The Balaban J connectivity index is 2.03. The largest absolute Gasteiger partial charge is 0.486 e. The van der Waals surface area contributed by atoms with Crippen molar-refractivity contribution >= 4 is 23.4 Å². The van der Waals surface area contributed by atoms with E-state index in [4.69, 9.17) is 16.3 Å². The van der Waals surface area contributed by atoms with Crippen LogP contribution in [0.3, 0.4) is 0 Å². The maximum absolute atomic E-state index is 10.6. The van der Waals surface area contributed by atoms with Crippen LogP contribution < -0.4 is 4.74 Å². The molecule has 1 aliphatic carbocycles. The molecule has 1 saturated carbocycles. The molecule has 0 aliphatic heterocycles. The number of hydrogen-bond donors (Lipinski definition) is 1. The Labute approximate surface area is 118 Å². The zero-order chi connectivity index (χ0) is 13.0. The predicted molar refractivity (Wildman–Crippen MR) is 77.4 cm³/mol. The van der Waals surface area contributed by atoms with Gasteiger partial charge < -0.3 is 9.84 Å². The summed E-state index contributed by atoms with van der Waals surface area (Å²) in [6.07, 6.45) is 3.66. The fourth-order valence-electron chi connectivity index (χ4n) is 2.23. The molecule has 0 aromatic heterocycles. The van der Waals surface area contributed by atoms with Gasteiger partial charge in [0.1, 0.15) is 16.8 Å². The minimum atomic E-state index is -0.738. The number of hydrogen-bond acceptors (Lipinski definition) is 3. The van der Waals surface area contributed by atoms with Crippen molar-refractivity contribution in [3.63, 3.8) is 0 Å². The first-order valence-corrected chi connectivity index (χ1v) is 7.79. The monoisotopic (exact) mass is 286 g/mol. The van der Waals surface area contributed by atoms with E-state index >= 15 is 0 Å². The molecule has 1 aliphatic rings.